The lowest BCUT2D eigenvalue weighted by Gasteiger charge is -2.31. The van der Waals surface area contributed by atoms with Crippen molar-refractivity contribution in [3.8, 4) is 5.75 Å². The van der Waals surface area contributed by atoms with E-state index in [1.54, 1.807) is 0 Å². The quantitative estimate of drug-likeness (QED) is 0.776. The standard InChI is InChI=1S/C13H19ClN2O/c1-10(2)17-12-4-3-7-15-13(12)16-8-5-11(14)6-9-16/h3-4,7,10-11H,5-6,8-9H2,1-2H3. The van der Waals surface area contributed by atoms with E-state index in [0.29, 0.717) is 5.38 Å². The first kappa shape index (κ1) is 12.5. The molecule has 1 aromatic rings. The van der Waals surface area contributed by atoms with Gasteiger partial charge in [0.2, 0.25) is 0 Å². The minimum atomic E-state index is 0.170. The number of ether oxygens (including phenoxy) is 1. The lowest BCUT2D eigenvalue weighted by Crippen LogP contribution is -2.35. The van der Waals surface area contributed by atoms with Crippen LogP contribution in [0.5, 0.6) is 5.75 Å². The molecule has 0 saturated carbocycles. The van der Waals surface area contributed by atoms with Crippen molar-refractivity contribution in [2.24, 2.45) is 0 Å². The molecule has 0 amide bonds. The van der Waals surface area contributed by atoms with Gasteiger partial charge in [0.15, 0.2) is 11.6 Å². The van der Waals surface area contributed by atoms with Crippen LogP contribution in [0.25, 0.3) is 0 Å². The number of pyridine rings is 1. The third-order valence-electron chi connectivity index (χ3n) is 2.84. The van der Waals surface area contributed by atoms with E-state index in [1.165, 1.54) is 0 Å². The Balaban J connectivity index is 2.14. The average Bonchev–Trinajstić information content (AvgIpc) is 2.30. The number of aromatic nitrogens is 1. The molecule has 94 valence electrons. The van der Waals surface area contributed by atoms with E-state index in [0.717, 1.165) is 37.5 Å². The fourth-order valence-corrected chi connectivity index (χ4v) is 2.22. The van der Waals surface area contributed by atoms with Crippen LogP contribution in [0.2, 0.25) is 0 Å². The summed E-state index contributed by atoms with van der Waals surface area (Å²) in [5, 5.41) is 0.310. The molecule has 0 bridgehead atoms. The summed E-state index contributed by atoms with van der Waals surface area (Å²) in [5.74, 6) is 1.82. The van der Waals surface area contributed by atoms with Crippen LogP contribution in [0.4, 0.5) is 5.82 Å². The van der Waals surface area contributed by atoms with Gasteiger partial charge in [-0.3, -0.25) is 0 Å². The molecule has 3 nitrogen and oxygen atoms in total. The first-order chi connectivity index (χ1) is 8.16. The first-order valence-corrected chi connectivity index (χ1v) is 6.61. The SMILES string of the molecule is CC(C)Oc1cccnc1N1CCC(Cl)CC1. The van der Waals surface area contributed by atoms with Crippen molar-refractivity contribution in [3.05, 3.63) is 18.3 Å². The van der Waals surface area contributed by atoms with Gasteiger partial charge in [-0.1, -0.05) is 0 Å². The first-order valence-electron chi connectivity index (χ1n) is 6.17. The topological polar surface area (TPSA) is 25.4 Å². The summed E-state index contributed by atoms with van der Waals surface area (Å²) in [6.07, 6.45) is 4.01. The molecule has 1 aliphatic rings. The normalized spacial score (nSPS) is 17.5. The number of piperidine rings is 1. The highest BCUT2D eigenvalue weighted by molar-refractivity contribution is 6.20. The number of halogens is 1. The molecular weight excluding hydrogens is 236 g/mol. The highest BCUT2D eigenvalue weighted by Crippen LogP contribution is 2.29. The summed E-state index contributed by atoms with van der Waals surface area (Å²) in [5.41, 5.74) is 0. The maximum atomic E-state index is 6.12. The van der Waals surface area contributed by atoms with Gasteiger partial charge in [-0.05, 0) is 38.8 Å². The van der Waals surface area contributed by atoms with Crippen LogP contribution in [-0.4, -0.2) is 29.6 Å². The maximum Gasteiger partial charge on any atom is 0.171 e. The number of hydrogen-bond donors (Lipinski definition) is 0. The third kappa shape index (κ3) is 3.25. The van der Waals surface area contributed by atoms with Crippen LogP contribution in [0, 0.1) is 0 Å². The summed E-state index contributed by atoms with van der Waals surface area (Å²) >= 11 is 6.12. The van der Waals surface area contributed by atoms with Crippen LogP contribution < -0.4 is 9.64 Å². The number of rotatable bonds is 3. The van der Waals surface area contributed by atoms with Crippen LogP contribution in [-0.2, 0) is 0 Å². The number of alkyl halides is 1. The lowest BCUT2D eigenvalue weighted by atomic mass is 10.1. The predicted octanol–water partition coefficient (Wildman–Crippen LogP) is 3.08. The minimum Gasteiger partial charge on any atom is -0.487 e. The fraction of sp³-hybridized carbons (Fsp3) is 0.615. The average molecular weight is 255 g/mol. The molecule has 2 heterocycles. The van der Waals surface area contributed by atoms with E-state index in [1.807, 2.05) is 32.2 Å². The molecule has 2 rings (SSSR count). The van der Waals surface area contributed by atoms with Crippen LogP contribution in [0.3, 0.4) is 0 Å². The molecule has 4 heteroatoms. The van der Waals surface area contributed by atoms with Gasteiger partial charge in [0.1, 0.15) is 0 Å². The predicted molar refractivity (Wildman–Crippen MR) is 71.1 cm³/mol. The molecule has 0 radical (unpaired) electrons. The summed E-state index contributed by atoms with van der Waals surface area (Å²) in [6.45, 7) is 5.98. The second kappa shape index (κ2) is 5.58. The van der Waals surface area contributed by atoms with Gasteiger partial charge in [-0.15, -0.1) is 11.6 Å². The molecule has 0 spiro atoms. The monoisotopic (exact) mass is 254 g/mol. The summed E-state index contributed by atoms with van der Waals surface area (Å²) in [7, 11) is 0. The zero-order valence-electron chi connectivity index (χ0n) is 10.4. The van der Waals surface area contributed by atoms with Crippen molar-refractivity contribution < 1.29 is 4.74 Å². The van der Waals surface area contributed by atoms with Gasteiger partial charge < -0.3 is 9.64 Å². The molecule has 0 aliphatic carbocycles. The Morgan fingerprint density at radius 1 is 1.41 bits per heavy atom. The molecule has 0 N–H and O–H groups in total. The van der Waals surface area contributed by atoms with Crippen LogP contribution in [0.1, 0.15) is 26.7 Å². The van der Waals surface area contributed by atoms with Crippen molar-refractivity contribution in [1.29, 1.82) is 0 Å². The zero-order chi connectivity index (χ0) is 12.3. The van der Waals surface area contributed by atoms with Gasteiger partial charge in [0.05, 0.1) is 6.10 Å². The zero-order valence-corrected chi connectivity index (χ0v) is 11.2. The van der Waals surface area contributed by atoms with Crippen LogP contribution in [0.15, 0.2) is 18.3 Å². The van der Waals surface area contributed by atoms with E-state index in [9.17, 15) is 0 Å². The molecule has 0 unspecified atom stereocenters. The second-order valence-corrected chi connectivity index (χ2v) is 5.27. The summed E-state index contributed by atoms with van der Waals surface area (Å²) in [4.78, 5) is 6.70. The largest absolute Gasteiger partial charge is 0.487 e. The van der Waals surface area contributed by atoms with Gasteiger partial charge in [0, 0.05) is 24.7 Å². The van der Waals surface area contributed by atoms with E-state index >= 15 is 0 Å². The Morgan fingerprint density at radius 2 is 2.12 bits per heavy atom. The van der Waals surface area contributed by atoms with Crippen molar-refractivity contribution in [2.45, 2.75) is 38.2 Å². The van der Waals surface area contributed by atoms with Gasteiger partial charge >= 0.3 is 0 Å². The summed E-state index contributed by atoms with van der Waals surface area (Å²) < 4.78 is 5.79. The van der Waals surface area contributed by atoms with Gasteiger partial charge in [0.25, 0.3) is 0 Å². The Morgan fingerprint density at radius 3 is 2.76 bits per heavy atom. The molecule has 0 aromatic carbocycles. The molecule has 1 aliphatic heterocycles. The Hall–Kier alpha value is -0.960. The van der Waals surface area contributed by atoms with Gasteiger partial charge in [-0.2, -0.15) is 0 Å². The highest BCUT2D eigenvalue weighted by Gasteiger charge is 2.21. The summed E-state index contributed by atoms with van der Waals surface area (Å²) in [6, 6.07) is 3.89. The maximum absolute atomic E-state index is 6.12. The second-order valence-electron chi connectivity index (χ2n) is 4.65. The van der Waals surface area contributed by atoms with Crippen molar-refractivity contribution >= 4 is 17.4 Å². The van der Waals surface area contributed by atoms with E-state index in [4.69, 9.17) is 16.3 Å². The molecular formula is C13H19ClN2O. The minimum absolute atomic E-state index is 0.170. The van der Waals surface area contributed by atoms with Crippen molar-refractivity contribution in [2.75, 3.05) is 18.0 Å². The Bertz CT molecular complexity index is 362. The van der Waals surface area contributed by atoms with Crippen molar-refractivity contribution in [1.82, 2.24) is 4.98 Å². The van der Waals surface area contributed by atoms with Crippen LogP contribution >= 0.6 is 11.6 Å². The highest BCUT2D eigenvalue weighted by atomic mass is 35.5. The van der Waals surface area contributed by atoms with E-state index in [-0.39, 0.29) is 6.10 Å². The number of anilines is 1. The Labute approximate surface area is 108 Å². The molecule has 0 atom stereocenters. The third-order valence-corrected chi connectivity index (χ3v) is 3.27. The number of hydrogen-bond acceptors (Lipinski definition) is 3. The molecule has 1 fully saturated rings. The van der Waals surface area contributed by atoms with E-state index in [2.05, 4.69) is 9.88 Å². The number of nitrogens with zero attached hydrogens (tertiary/aromatic N) is 2. The lowest BCUT2D eigenvalue weighted by molar-refractivity contribution is 0.241. The fourth-order valence-electron chi connectivity index (χ4n) is 2.03. The van der Waals surface area contributed by atoms with Crippen molar-refractivity contribution in [3.63, 3.8) is 0 Å². The smallest absolute Gasteiger partial charge is 0.171 e. The van der Waals surface area contributed by atoms with E-state index < -0.39 is 0 Å². The Kier molecular flexibility index (Phi) is 4.11. The molecule has 1 aromatic heterocycles. The van der Waals surface area contributed by atoms with Gasteiger partial charge in [-0.25, -0.2) is 4.98 Å². The molecule has 17 heavy (non-hydrogen) atoms. The molecule has 1 saturated heterocycles.